The van der Waals surface area contributed by atoms with Gasteiger partial charge in [-0.1, -0.05) is 170 Å². The van der Waals surface area contributed by atoms with Gasteiger partial charge < -0.3 is 9.73 Å². The number of allylic oxidation sites excluding steroid dienone is 1. The Kier molecular flexibility index (Phi) is 7.54. The number of benzene rings is 8. The van der Waals surface area contributed by atoms with Gasteiger partial charge in [-0.25, -0.2) is 0 Å². The van der Waals surface area contributed by atoms with Crippen LogP contribution in [-0.4, -0.2) is 5.71 Å². The van der Waals surface area contributed by atoms with E-state index in [1.165, 1.54) is 33.0 Å². The number of nitrogens with one attached hydrogen (secondary N) is 1. The van der Waals surface area contributed by atoms with Crippen LogP contribution >= 0.6 is 0 Å². The standard InChI is InChI=1S/C50H34N2O/c1-3-11-33(12-4-1)35-19-24-37(25-20-35)42-29-30-43(48-44-17-9-10-18-47(44)53-49(42)48)46-32-45(38-14-5-2-6-15-38)51-50(52-46)39-26-21-36(22-27-39)41-28-23-34-13-7-8-16-40(34)31-41/h1-32,50-51H. The molecule has 1 aliphatic heterocycles. The van der Waals surface area contributed by atoms with Gasteiger partial charge in [0.1, 0.15) is 17.3 Å². The SMILES string of the molecule is C1=C(c2ccccc2)NC(c2ccc(-c3ccc4ccccc4c3)cc2)N=C1c1ccc(-c2ccc(-c3ccccc3)cc2)c2oc3ccccc3c12. The number of para-hydroxylation sites is 1. The third kappa shape index (κ3) is 5.69. The second kappa shape index (κ2) is 13.0. The highest BCUT2D eigenvalue weighted by atomic mass is 16.3. The van der Waals surface area contributed by atoms with Crippen LogP contribution in [0.25, 0.3) is 71.8 Å². The van der Waals surface area contributed by atoms with Gasteiger partial charge in [-0.2, -0.15) is 0 Å². The Labute approximate surface area is 308 Å². The van der Waals surface area contributed by atoms with Crippen molar-refractivity contribution in [3.8, 4) is 33.4 Å². The molecule has 1 atom stereocenters. The molecule has 0 bridgehead atoms. The van der Waals surface area contributed by atoms with Crippen LogP contribution in [0.4, 0.5) is 0 Å². The molecule has 0 spiro atoms. The van der Waals surface area contributed by atoms with Gasteiger partial charge in [-0.15, -0.1) is 0 Å². The minimum absolute atomic E-state index is 0.283. The second-order valence-corrected chi connectivity index (χ2v) is 13.6. The molecule has 1 N–H and O–H groups in total. The summed E-state index contributed by atoms with van der Waals surface area (Å²) < 4.78 is 6.70. The summed E-state index contributed by atoms with van der Waals surface area (Å²) in [5, 5.41) is 8.38. The van der Waals surface area contributed by atoms with Gasteiger partial charge in [0.2, 0.25) is 0 Å². The van der Waals surface area contributed by atoms with Crippen molar-refractivity contribution in [3.05, 3.63) is 211 Å². The molecular formula is C50H34N2O. The van der Waals surface area contributed by atoms with E-state index >= 15 is 0 Å². The molecule has 1 aliphatic rings. The van der Waals surface area contributed by atoms with E-state index in [1.54, 1.807) is 0 Å². The summed E-state index contributed by atoms with van der Waals surface area (Å²) in [5.74, 6) is 0. The lowest BCUT2D eigenvalue weighted by atomic mass is 9.93. The maximum Gasteiger partial charge on any atom is 0.145 e. The Morgan fingerprint density at radius 3 is 1.83 bits per heavy atom. The lowest BCUT2D eigenvalue weighted by molar-refractivity contribution is 0.664. The largest absolute Gasteiger partial charge is 0.455 e. The van der Waals surface area contributed by atoms with E-state index in [-0.39, 0.29) is 6.17 Å². The normalized spacial score (nSPS) is 14.2. The van der Waals surface area contributed by atoms with Gasteiger partial charge >= 0.3 is 0 Å². The van der Waals surface area contributed by atoms with Crippen LogP contribution in [0.15, 0.2) is 204 Å². The molecule has 0 aliphatic carbocycles. The number of hydrogen-bond acceptors (Lipinski definition) is 3. The molecule has 1 aromatic heterocycles. The molecule has 0 saturated heterocycles. The molecule has 0 fully saturated rings. The van der Waals surface area contributed by atoms with Crippen molar-refractivity contribution in [2.45, 2.75) is 6.17 Å². The van der Waals surface area contributed by atoms with Gasteiger partial charge in [0.25, 0.3) is 0 Å². The number of nitrogens with zero attached hydrogens (tertiary/aromatic N) is 1. The first-order chi connectivity index (χ1) is 26.2. The highest BCUT2D eigenvalue weighted by molar-refractivity contribution is 6.25. The minimum Gasteiger partial charge on any atom is -0.455 e. The summed E-state index contributed by atoms with van der Waals surface area (Å²) in [7, 11) is 0. The molecule has 1 unspecified atom stereocenters. The molecule has 8 aromatic carbocycles. The highest BCUT2D eigenvalue weighted by Crippen LogP contribution is 2.40. The number of rotatable bonds is 6. The van der Waals surface area contributed by atoms with Crippen molar-refractivity contribution >= 4 is 44.1 Å². The first kappa shape index (κ1) is 30.8. The molecule has 250 valence electrons. The summed E-state index contributed by atoms with van der Waals surface area (Å²) in [6.07, 6.45) is 1.90. The van der Waals surface area contributed by atoms with Crippen molar-refractivity contribution in [2.75, 3.05) is 0 Å². The fraction of sp³-hybridized carbons (Fsp3) is 0.0200. The Bertz CT molecular complexity index is 2830. The predicted octanol–water partition coefficient (Wildman–Crippen LogP) is 12.9. The zero-order valence-corrected chi connectivity index (χ0v) is 28.9. The van der Waals surface area contributed by atoms with E-state index in [4.69, 9.17) is 9.41 Å². The quantitative estimate of drug-likeness (QED) is 0.190. The van der Waals surface area contributed by atoms with Gasteiger partial charge in [0.15, 0.2) is 0 Å². The van der Waals surface area contributed by atoms with Crippen LogP contribution < -0.4 is 5.32 Å². The first-order valence-corrected chi connectivity index (χ1v) is 18.1. The lowest BCUT2D eigenvalue weighted by Gasteiger charge is -2.25. The van der Waals surface area contributed by atoms with Crippen LogP contribution in [0, 0.1) is 0 Å². The van der Waals surface area contributed by atoms with Gasteiger partial charge in [0.05, 0.1) is 5.71 Å². The van der Waals surface area contributed by atoms with E-state index in [1.807, 2.05) is 12.1 Å². The molecule has 0 saturated carbocycles. The summed E-state index contributed by atoms with van der Waals surface area (Å²) >= 11 is 0. The van der Waals surface area contributed by atoms with Gasteiger partial charge in [-0.05, 0) is 74.0 Å². The minimum atomic E-state index is -0.283. The molecule has 9 aromatic rings. The zero-order chi connectivity index (χ0) is 35.1. The maximum atomic E-state index is 6.70. The third-order valence-corrected chi connectivity index (χ3v) is 10.3. The maximum absolute atomic E-state index is 6.70. The van der Waals surface area contributed by atoms with Crippen LogP contribution in [0.5, 0.6) is 0 Å². The van der Waals surface area contributed by atoms with Crippen molar-refractivity contribution in [2.24, 2.45) is 4.99 Å². The van der Waals surface area contributed by atoms with Crippen molar-refractivity contribution in [1.29, 1.82) is 0 Å². The van der Waals surface area contributed by atoms with Crippen molar-refractivity contribution in [1.82, 2.24) is 5.32 Å². The predicted molar refractivity (Wildman–Crippen MR) is 221 cm³/mol. The van der Waals surface area contributed by atoms with Gasteiger partial charge in [-0.3, -0.25) is 4.99 Å². The number of fused-ring (bicyclic) bond motifs is 4. The monoisotopic (exact) mass is 678 g/mol. The van der Waals surface area contributed by atoms with Crippen LogP contribution in [-0.2, 0) is 0 Å². The molecule has 0 radical (unpaired) electrons. The summed E-state index contributed by atoms with van der Waals surface area (Å²) in [6, 6.07) is 66.4. The fourth-order valence-corrected chi connectivity index (χ4v) is 7.59. The second-order valence-electron chi connectivity index (χ2n) is 13.6. The Balaban J connectivity index is 1.08. The molecular weight excluding hydrogens is 645 g/mol. The van der Waals surface area contributed by atoms with Crippen molar-refractivity contribution < 1.29 is 4.42 Å². The Morgan fingerprint density at radius 2 is 1.04 bits per heavy atom. The molecule has 2 heterocycles. The van der Waals surface area contributed by atoms with E-state index < -0.39 is 0 Å². The van der Waals surface area contributed by atoms with Crippen LogP contribution in [0.2, 0.25) is 0 Å². The van der Waals surface area contributed by atoms with Gasteiger partial charge in [0, 0.05) is 27.6 Å². The van der Waals surface area contributed by atoms with E-state index in [0.29, 0.717) is 0 Å². The third-order valence-electron chi connectivity index (χ3n) is 10.3. The van der Waals surface area contributed by atoms with Crippen LogP contribution in [0.1, 0.15) is 22.9 Å². The highest BCUT2D eigenvalue weighted by Gasteiger charge is 2.24. The number of aliphatic imine (C=N–C) groups is 1. The summed E-state index contributed by atoms with van der Waals surface area (Å²) in [5.41, 5.74) is 13.8. The smallest absolute Gasteiger partial charge is 0.145 e. The summed E-state index contributed by atoms with van der Waals surface area (Å²) in [6.45, 7) is 0. The van der Waals surface area contributed by atoms with E-state index in [0.717, 1.165) is 61.2 Å². The molecule has 53 heavy (non-hydrogen) atoms. The molecule has 3 nitrogen and oxygen atoms in total. The zero-order valence-electron chi connectivity index (χ0n) is 28.9. The van der Waals surface area contributed by atoms with Crippen LogP contribution in [0.3, 0.4) is 0 Å². The van der Waals surface area contributed by atoms with Crippen molar-refractivity contribution in [3.63, 3.8) is 0 Å². The van der Waals surface area contributed by atoms with E-state index in [9.17, 15) is 0 Å². The number of hydrogen-bond donors (Lipinski definition) is 1. The Hall–Kier alpha value is -6.97. The molecule has 3 heteroatoms. The lowest BCUT2D eigenvalue weighted by Crippen LogP contribution is -2.25. The summed E-state index contributed by atoms with van der Waals surface area (Å²) in [4.78, 5) is 5.41. The Morgan fingerprint density at radius 1 is 0.453 bits per heavy atom. The fourth-order valence-electron chi connectivity index (χ4n) is 7.59. The van der Waals surface area contributed by atoms with E-state index in [2.05, 4.69) is 187 Å². The first-order valence-electron chi connectivity index (χ1n) is 18.1. The molecule has 0 amide bonds. The average Bonchev–Trinajstić information content (AvgIpc) is 3.64. The molecule has 10 rings (SSSR count). The average molecular weight is 679 g/mol. The number of furan rings is 1. The topological polar surface area (TPSA) is 37.5 Å².